The minimum atomic E-state index is -0.634. The second-order valence-corrected chi connectivity index (χ2v) is 10.6. The molecule has 1 fully saturated rings. The highest BCUT2D eigenvalue weighted by atomic mass is 35.5. The summed E-state index contributed by atoms with van der Waals surface area (Å²) in [6, 6.07) is 12.6. The van der Waals surface area contributed by atoms with Crippen LogP contribution in [0.15, 0.2) is 42.5 Å². The summed E-state index contributed by atoms with van der Waals surface area (Å²) in [6.45, 7) is 6.76. The fourth-order valence-corrected chi connectivity index (χ4v) is 4.47. The van der Waals surface area contributed by atoms with E-state index in [1.165, 1.54) is 7.11 Å². The fourth-order valence-electron chi connectivity index (χ4n) is 4.27. The van der Waals surface area contributed by atoms with Gasteiger partial charge in [0.2, 0.25) is 0 Å². The quantitative estimate of drug-likeness (QED) is 0.261. The maximum atomic E-state index is 13.5. The summed E-state index contributed by atoms with van der Waals surface area (Å²) >= 11 is 6.30. The Labute approximate surface area is 236 Å². The van der Waals surface area contributed by atoms with Crippen LogP contribution >= 0.6 is 11.6 Å². The third kappa shape index (κ3) is 9.55. The molecule has 0 bridgehead atoms. The number of carbonyl (C=O) groups excluding carboxylic acids is 3. The molecule has 0 spiro atoms. The fraction of sp³-hybridized carbons (Fsp3) is 0.500. The molecule has 39 heavy (non-hydrogen) atoms. The molecule has 1 saturated carbocycles. The predicted octanol–water partition coefficient (Wildman–Crippen LogP) is 5.64. The molecular weight excluding hydrogens is 518 g/mol. The van der Waals surface area contributed by atoms with E-state index in [1.54, 1.807) is 30.3 Å². The smallest absolute Gasteiger partial charge is 0.406 e. The number of alkyl carbamates (subject to hydrolysis) is 1. The van der Waals surface area contributed by atoms with Crippen molar-refractivity contribution < 1.29 is 23.9 Å². The minimum Gasteiger partial charge on any atom is -0.453 e. The molecule has 3 unspecified atom stereocenters. The van der Waals surface area contributed by atoms with Crippen molar-refractivity contribution in [2.75, 3.05) is 20.3 Å². The van der Waals surface area contributed by atoms with Crippen molar-refractivity contribution in [3.05, 3.63) is 69.7 Å². The molecule has 0 aromatic heterocycles. The Morgan fingerprint density at radius 1 is 1.00 bits per heavy atom. The Morgan fingerprint density at radius 2 is 1.72 bits per heavy atom. The standard InChI is InChI=1S/C30H40ClN3O5/c1-5-19(3)14-25(6-2)33-28(35)22-15-21(16-23(17-22)29(36)34-26-10-11-26)27(20-8-7-9-24(31)18-20)39-13-12-32-30(37)38-4/h7-9,15-19,25-27H,5-6,10-14H2,1-4H3,(H,32,37)(H,33,35)(H,34,36). The van der Waals surface area contributed by atoms with Gasteiger partial charge in [-0.25, -0.2) is 4.79 Å². The van der Waals surface area contributed by atoms with Gasteiger partial charge in [0.25, 0.3) is 11.8 Å². The lowest BCUT2D eigenvalue weighted by Gasteiger charge is -2.23. The van der Waals surface area contributed by atoms with Crippen molar-refractivity contribution in [2.45, 2.75) is 71.1 Å². The first-order valence-corrected chi connectivity index (χ1v) is 14.1. The normalized spacial score (nSPS) is 15.1. The van der Waals surface area contributed by atoms with Gasteiger partial charge in [-0.05, 0) is 73.1 Å². The second-order valence-electron chi connectivity index (χ2n) is 10.1. The molecule has 0 aliphatic heterocycles. The van der Waals surface area contributed by atoms with E-state index in [4.69, 9.17) is 16.3 Å². The van der Waals surface area contributed by atoms with Gasteiger partial charge in [-0.2, -0.15) is 0 Å². The zero-order valence-corrected chi connectivity index (χ0v) is 24.0. The minimum absolute atomic E-state index is 0.0317. The van der Waals surface area contributed by atoms with Crippen molar-refractivity contribution in [1.29, 1.82) is 0 Å². The molecule has 3 rings (SSSR count). The van der Waals surface area contributed by atoms with Crippen LogP contribution in [-0.4, -0.2) is 50.3 Å². The summed E-state index contributed by atoms with van der Waals surface area (Å²) in [5.41, 5.74) is 2.18. The Balaban J connectivity index is 1.95. The van der Waals surface area contributed by atoms with Gasteiger partial charge in [-0.15, -0.1) is 0 Å². The number of halogens is 1. The van der Waals surface area contributed by atoms with Gasteiger partial charge in [0.15, 0.2) is 0 Å². The Morgan fingerprint density at radius 3 is 2.33 bits per heavy atom. The average Bonchev–Trinajstić information content (AvgIpc) is 3.75. The third-order valence-electron chi connectivity index (χ3n) is 6.90. The molecule has 212 valence electrons. The first-order valence-electron chi connectivity index (χ1n) is 13.7. The molecule has 3 atom stereocenters. The van der Waals surface area contributed by atoms with E-state index in [2.05, 4.69) is 41.5 Å². The summed E-state index contributed by atoms with van der Waals surface area (Å²) in [7, 11) is 1.29. The summed E-state index contributed by atoms with van der Waals surface area (Å²) < 4.78 is 10.8. The molecule has 0 heterocycles. The SMILES string of the molecule is CCC(C)CC(CC)NC(=O)c1cc(C(=O)NC2CC2)cc(C(OCCNC(=O)OC)c2cccc(Cl)c2)c1. The molecule has 9 heteroatoms. The topological polar surface area (TPSA) is 106 Å². The number of benzene rings is 2. The number of rotatable bonds is 14. The molecule has 0 saturated heterocycles. The first-order chi connectivity index (χ1) is 18.7. The Hall–Kier alpha value is -3.10. The maximum Gasteiger partial charge on any atom is 0.406 e. The van der Waals surface area contributed by atoms with Gasteiger partial charge in [-0.1, -0.05) is 50.9 Å². The maximum absolute atomic E-state index is 13.5. The van der Waals surface area contributed by atoms with E-state index in [1.807, 2.05) is 12.1 Å². The predicted molar refractivity (Wildman–Crippen MR) is 152 cm³/mol. The second kappa shape index (κ2) is 14.9. The lowest BCUT2D eigenvalue weighted by atomic mass is 9.95. The van der Waals surface area contributed by atoms with Gasteiger partial charge in [0.05, 0.1) is 13.7 Å². The zero-order chi connectivity index (χ0) is 28.4. The zero-order valence-electron chi connectivity index (χ0n) is 23.2. The van der Waals surface area contributed by atoms with Crippen LogP contribution in [0.4, 0.5) is 4.79 Å². The molecule has 1 aliphatic rings. The number of hydrogen-bond acceptors (Lipinski definition) is 5. The van der Waals surface area contributed by atoms with Crippen molar-refractivity contribution in [3.8, 4) is 0 Å². The number of methoxy groups -OCH3 is 1. The average molecular weight is 558 g/mol. The number of ether oxygens (including phenoxy) is 2. The van der Waals surface area contributed by atoms with Crippen LogP contribution in [0.2, 0.25) is 5.02 Å². The highest BCUT2D eigenvalue weighted by Crippen LogP contribution is 2.30. The Bertz CT molecular complexity index is 1140. The lowest BCUT2D eigenvalue weighted by Crippen LogP contribution is -2.36. The Kier molecular flexibility index (Phi) is 11.6. The number of carbonyl (C=O) groups is 3. The monoisotopic (exact) mass is 557 g/mol. The third-order valence-corrected chi connectivity index (χ3v) is 7.13. The van der Waals surface area contributed by atoms with Crippen molar-refractivity contribution in [2.24, 2.45) is 5.92 Å². The van der Waals surface area contributed by atoms with Crippen LogP contribution in [-0.2, 0) is 9.47 Å². The molecule has 3 amide bonds. The van der Waals surface area contributed by atoms with E-state index >= 15 is 0 Å². The van der Waals surface area contributed by atoms with E-state index in [0.29, 0.717) is 27.6 Å². The highest BCUT2D eigenvalue weighted by Gasteiger charge is 2.26. The van der Waals surface area contributed by atoms with E-state index in [9.17, 15) is 14.4 Å². The van der Waals surface area contributed by atoms with Crippen molar-refractivity contribution >= 4 is 29.5 Å². The largest absolute Gasteiger partial charge is 0.453 e. The molecule has 3 N–H and O–H groups in total. The summed E-state index contributed by atoms with van der Waals surface area (Å²) in [4.78, 5) is 38.0. The number of hydrogen-bond donors (Lipinski definition) is 3. The summed E-state index contributed by atoms with van der Waals surface area (Å²) in [5, 5.41) is 9.30. The molecular formula is C30H40ClN3O5. The van der Waals surface area contributed by atoms with Crippen molar-refractivity contribution in [3.63, 3.8) is 0 Å². The molecule has 2 aromatic rings. The van der Waals surface area contributed by atoms with Crippen LogP contribution in [0.5, 0.6) is 0 Å². The van der Waals surface area contributed by atoms with Gasteiger partial charge in [-0.3, -0.25) is 9.59 Å². The molecule has 0 radical (unpaired) electrons. The molecule has 1 aliphatic carbocycles. The molecule has 2 aromatic carbocycles. The molecule has 8 nitrogen and oxygen atoms in total. The first kappa shape index (κ1) is 30.4. The van der Waals surface area contributed by atoms with Crippen LogP contribution in [0.1, 0.15) is 90.8 Å². The van der Waals surface area contributed by atoms with E-state index < -0.39 is 12.2 Å². The van der Waals surface area contributed by atoms with E-state index in [0.717, 1.165) is 37.7 Å². The van der Waals surface area contributed by atoms with Gasteiger partial charge < -0.3 is 25.4 Å². The lowest BCUT2D eigenvalue weighted by molar-refractivity contribution is 0.0802. The van der Waals surface area contributed by atoms with Crippen LogP contribution in [0.25, 0.3) is 0 Å². The van der Waals surface area contributed by atoms with Crippen LogP contribution < -0.4 is 16.0 Å². The van der Waals surface area contributed by atoms with Gasteiger partial charge in [0, 0.05) is 34.8 Å². The number of amides is 3. The van der Waals surface area contributed by atoms with Gasteiger partial charge >= 0.3 is 6.09 Å². The van der Waals surface area contributed by atoms with Crippen LogP contribution in [0.3, 0.4) is 0 Å². The van der Waals surface area contributed by atoms with E-state index in [-0.39, 0.29) is 37.0 Å². The number of nitrogens with one attached hydrogen (secondary N) is 3. The van der Waals surface area contributed by atoms with Crippen LogP contribution in [0, 0.1) is 5.92 Å². The van der Waals surface area contributed by atoms with Gasteiger partial charge in [0.1, 0.15) is 6.10 Å². The summed E-state index contributed by atoms with van der Waals surface area (Å²) in [5.74, 6) is 0.0302. The van der Waals surface area contributed by atoms with Crippen molar-refractivity contribution in [1.82, 2.24) is 16.0 Å². The highest BCUT2D eigenvalue weighted by molar-refractivity contribution is 6.30. The summed E-state index contributed by atoms with van der Waals surface area (Å²) in [6.07, 6.45) is 3.45.